The maximum atomic E-state index is 4.11. The minimum atomic E-state index is 0. The van der Waals surface area contributed by atoms with Gasteiger partial charge in [0.1, 0.15) is 0 Å². The molecule has 0 saturated carbocycles. The van der Waals surface area contributed by atoms with Crippen molar-refractivity contribution in [3.8, 4) is 0 Å². The SMILES string of the molecule is SCc1ccccc1.[SeH2]. The van der Waals surface area contributed by atoms with Crippen LogP contribution in [0.15, 0.2) is 30.3 Å². The van der Waals surface area contributed by atoms with Crippen molar-refractivity contribution in [1.29, 1.82) is 0 Å². The van der Waals surface area contributed by atoms with E-state index >= 15 is 0 Å². The molecule has 0 saturated heterocycles. The van der Waals surface area contributed by atoms with Crippen molar-refractivity contribution in [1.82, 2.24) is 0 Å². The summed E-state index contributed by atoms with van der Waals surface area (Å²) in [5, 5.41) is 0. The molecule has 0 radical (unpaired) electrons. The summed E-state index contributed by atoms with van der Waals surface area (Å²) in [4.78, 5) is 0. The number of thiol groups is 1. The zero-order chi connectivity index (χ0) is 5.82. The van der Waals surface area contributed by atoms with Crippen molar-refractivity contribution in [2.45, 2.75) is 5.75 Å². The molecule has 1 rings (SSSR count). The summed E-state index contributed by atoms with van der Waals surface area (Å²) in [5.41, 5.74) is 1.27. The third kappa shape index (κ3) is 2.95. The molecule has 1 aromatic rings. The zero-order valence-electron chi connectivity index (χ0n) is 5.04. The van der Waals surface area contributed by atoms with Gasteiger partial charge in [-0.15, -0.1) is 0 Å². The van der Waals surface area contributed by atoms with Crippen LogP contribution in [0.3, 0.4) is 0 Å². The van der Waals surface area contributed by atoms with E-state index in [2.05, 4.69) is 24.8 Å². The number of hydrogen-bond donors (Lipinski definition) is 1. The van der Waals surface area contributed by atoms with Crippen molar-refractivity contribution < 1.29 is 0 Å². The van der Waals surface area contributed by atoms with Crippen molar-refractivity contribution >= 4 is 29.7 Å². The third-order valence-electron chi connectivity index (χ3n) is 1.03. The van der Waals surface area contributed by atoms with Crippen LogP contribution < -0.4 is 0 Å². The van der Waals surface area contributed by atoms with Gasteiger partial charge in [-0.25, -0.2) is 0 Å². The summed E-state index contributed by atoms with van der Waals surface area (Å²) in [6, 6.07) is 10.2. The van der Waals surface area contributed by atoms with E-state index in [1.54, 1.807) is 0 Å². The molecule has 0 aliphatic rings. The van der Waals surface area contributed by atoms with Gasteiger partial charge in [0.25, 0.3) is 0 Å². The van der Waals surface area contributed by atoms with Gasteiger partial charge >= 0.3 is 17.1 Å². The van der Waals surface area contributed by atoms with E-state index in [-0.39, 0.29) is 17.1 Å². The van der Waals surface area contributed by atoms with Gasteiger partial charge in [0, 0.05) is 5.75 Å². The molecule has 0 aliphatic carbocycles. The molecule has 2 heteroatoms. The Morgan fingerprint density at radius 1 is 1.11 bits per heavy atom. The van der Waals surface area contributed by atoms with Gasteiger partial charge < -0.3 is 0 Å². The molecule has 50 valence electrons. The molecule has 0 spiro atoms. The van der Waals surface area contributed by atoms with Crippen LogP contribution >= 0.6 is 12.6 Å². The van der Waals surface area contributed by atoms with Crippen LogP contribution in [0.5, 0.6) is 0 Å². The maximum absolute atomic E-state index is 4.11. The summed E-state index contributed by atoms with van der Waals surface area (Å²) in [6.45, 7) is 0. The summed E-state index contributed by atoms with van der Waals surface area (Å²) in [5.74, 6) is 0.834. The Kier molecular flexibility index (Phi) is 4.97. The van der Waals surface area contributed by atoms with Gasteiger partial charge in [0.2, 0.25) is 0 Å². The summed E-state index contributed by atoms with van der Waals surface area (Å²) in [6.07, 6.45) is 0. The predicted molar refractivity (Wildman–Crippen MR) is 47.7 cm³/mol. The molecule has 0 bridgehead atoms. The quantitative estimate of drug-likeness (QED) is 0.517. The minimum absolute atomic E-state index is 0. The van der Waals surface area contributed by atoms with Crippen molar-refractivity contribution in [2.24, 2.45) is 0 Å². The van der Waals surface area contributed by atoms with Gasteiger partial charge in [-0.1, -0.05) is 30.3 Å². The Morgan fingerprint density at radius 3 is 2.00 bits per heavy atom. The molecular weight excluding hydrogens is 195 g/mol. The summed E-state index contributed by atoms with van der Waals surface area (Å²) < 4.78 is 0. The summed E-state index contributed by atoms with van der Waals surface area (Å²) >= 11 is 4.11. The Hall–Kier alpha value is 0.0895. The molecule has 0 aliphatic heterocycles. The van der Waals surface area contributed by atoms with E-state index in [0.717, 1.165) is 5.75 Å². The van der Waals surface area contributed by atoms with Crippen LogP contribution in [0.25, 0.3) is 0 Å². The van der Waals surface area contributed by atoms with Crippen LogP contribution in [0.4, 0.5) is 0 Å². The van der Waals surface area contributed by atoms with Crippen LogP contribution in [0, 0.1) is 0 Å². The summed E-state index contributed by atoms with van der Waals surface area (Å²) in [7, 11) is 0. The van der Waals surface area contributed by atoms with Gasteiger partial charge in [-0.3, -0.25) is 0 Å². The molecule has 0 fully saturated rings. The zero-order valence-corrected chi connectivity index (χ0v) is 8.03. The van der Waals surface area contributed by atoms with Gasteiger partial charge in [-0.2, -0.15) is 12.6 Å². The standard InChI is InChI=1S/C7H8S.H2Se/c8-6-7-4-2-1-3-5-7;/h1-5,8H,6H2;1H2. The fraction of sp³-hybridized carbons (Fsp3) is 0.143. The van der Waals surface area contributed by atoms with E-state index in [9.17, 15) is 0 Å². The van der Waals surface area contributed by atoms with Crippen LogP contribution in [0.2, 0.25) is 0 Å². The normalized spacial score (nSPS) is 8.11. The topological polar surface area (TPSA) is 0 Å². The van der Waals surface area contributed by atoms with Gasteiger partial charge in [0.15, 0.2) is 0 Å². The van der Waals surface area contributed by atoms with Crippen molar-refractivity contribution in [3.63, 3.8) is 0 Å². The average molecular weight is 205 g/mol. The second-order valence-corrected chi connectivity index (χ2v) is 1.96. The molecule has 1 aromatic carbocycles. The molecule has 0 amide bonds. The van der Waals surface area contributed by atoms with Gasteiger partial charge in [0.05, 0.1) is 0 Å². The van der Waals surface area contributed by atoms with E-state index in [4.69, 9.17) is 0 Å². The first-order chi connectivity index (χ1) is 3.93. The first-order valence-corrected chi connectivity index (χ1v) is 3.21. The molecule has 9 heavy (non-hydrogen) atoms. The first-order valence-electron chi connectivity index (χ1n) is 2.58. The monoisotopic (exact) mass is 206 g/mol. The van der Waals surface area contributed by atoms with E-state index in [1.165, 1.54) is 5.56 Å². The molecule has 0 nitrogen and oxygen atoms in total. The fourth-order valence-corrected chi connectivity index (χ4v) is 0.794. The molecular formula is C7H10SSe. The second-order valence-electron chi connectivity index (χ2n) is 1.64. The van der Waals surface area contributed by atoms with Crippen molar-refractivity contribution in [3.05, 3.63) is 35.9 Å². The number of rotatable bonds is 1. The average Bonchev–Trinajstić information content (AvgIpc) is 1.90. The molecule has 0 N–H and O–H groups in total. The molecule has 0 unspecified atom stereocenters. The number of benzene rings is 1. The fourth-order valence-electron chi connectivity index (χ4n) is 0.583. The van der Waals surface area contributed by atoms with E-state index in [0.29, 0.717) is 0 Å². The Balaban J connectivity index is 0.000000640. The predicted octanol–water partition coefficient (Wildman–Crippen LogP) is 1.20. The van der Waals surface area contributed by atoms with E-state index < -0.39 is 0 Å². The first kappa shape index (κ1) is 9.09. The number of hydrogen-bond acceptors (Lipinski definition) is 1. The molecule has 0 heterocycles. The third-order valence-corrected chi connectivity index (χ3v) is 1.39. The Morgan fingerprint density at radius 2 is 1.67 bits per heavy atom. The molecule has 0 aromatic heterocycles. The van der Waals surface area contributed by atoms with Crippen LogP contribution in [-0.2, 0) is 5.75 Å². The molecule has 0 atom stereocenters. The van der Waals surface area contributed by atoms with Crippen LogP contribution in [0.1, 0.15) is 5.56 Å². The Bertz CT molecular complexity index is 150. The van der Waals surface area contributed by atoms with Crippen LogP contribution in [-0.4, -0.2) is 17.1 Å². The second kappa shape index (κ2) is 4.92. The van der Waals surface area contributed by atoms with Gasteiger partial charge in [-0.05, 0) is 5.56 Å². The van der Waals surface area contributed by atoms with Crippen molar-refractivity contribution in [2.75, 3.05) is 0 Å². The van der Waals surface area contributed by atoms with E-state index in [1.807, 2.05) is 18.2 Å². The Labute approximate surface area is 71.5 Å².